The Hall–Kier alpha value is -1.83. The average Bonchev–Trinajstić information content (AvgIpc) is 3.16. The molecule has 26 heavy (non-hydrogen) atoms. The van der Waals surface area contributed by atoms with Crippen molar-refractivity contribution in [2.24, 2.45) is 17.1 Å². The number of Topliss-reactive ketones (excluding diaryl/α,β-unsaturated/α-hetero) is 1. The van der Waals surface area contributed by atoms with Crippen molar-refractivity contribution in [2.45, 2.75) is 71.1 Å². The molecule has 2 aliphatic rings. The van der Waals surface area contributed by atoms with E-state index in [-0.39, 0.29) is 11.9 Å². The first-order valence-corrected chi connectivity index (χ1v) is 9.34. The highest BCUT2D eigenvalue weighted by Gasteiger charge is 2.39. The van der Waals surface area contributed by atoms with Crippen molar-refractivity contribution in [3.8, 4) is 0 Å². The number of nitrogens with one attached hydrogen (secondary N) is 2. The molecule has 1 unspecified atom stereocenters. The Morgan fingerprint density at radius 2 is 2.00 bits per heavy atom. The van der Waals surface area contributed by atoms with Gasteiger partial charge >= 0.3 is 12.2 Å². The molecule has 1 aliphatic carbocycles. The minimum Gasteiger partial charge on any atom is -0.443 e. The zero-order valence-corrected chi connectivity index (χ0v) is 15.9. The Balaban J connectivity index is 2.04. The van der Waals surface area contributed by atoms with Gasteiger partial charge in [-0.25, -0.2) is 9.59 Å². The van der Waals surface area contributed by atoms with Crippen molar-refractivity contribution >= 4 is 18.0 Å². The molecule has 0 bridgehead atoms. The van der Waals surface area contributed by atoms with E-state index in [4.69, 9.17) is 15.2 Å². The van der Waals surface area contributed by atoms with Gasteiger partial charge in [0.15, 0.2) is 11.9 Å². The Labute approximate surface area is 154 Å². The second-order valence-corrected chi connectivity index (χ2v) is 8.33. The lowest BCUT2D eigenvalue weighted by molar-refractivity contribution is -0.132. The summed E-state index contributed by atoms with van der Waals surface area (Å²) in [5, 5.41) is 5.79. The van der Waals surface area contributed by atoms with Crippen molar-refractivity contribution in [3.05, 3.63) is 0 Å². The molecule has 0 aromatic rings. The zero-order chi connectivity index (χ0) is 19.3. The highest BCUT2D eigenvalue weighted by atomic mass is 16.6. The molecule has 8 heteroatoms. The summed E-state index contributed by atoms with van der Waals surface area (Å²) in [5.74, 6) is 0.199. The van der Waals surface area contributed by atoms with Crippen molar-refractivity contribution < 1.29 is 23.9 Å². The van der Waals surface area contributed by atoms with Crippen LogP contribution in [0.1, 0.15) is 52.9 Å². The van der Waals surface area contributed by atoms with E-state index < -0.39 is 29.7 Å². The highest BCUT2D eigenvalue weighted by molar-refractivity contribution is 5.90. The van der Waals surface area contributed by atoms with Crippen LogP contribution in [0.3, 0.4) is 0 Å². The summed E-state index contributed by atoms with van der Waals surface area (Å²) in [6.07, 6.45) is 2.32. The number of amides is 2. The third-order valence-corrected chi connectivity index (χ3v) is 5.05. The summed E-state index contributed by atoms with van der Waals surface area (Å²) >= 11 is 0. The monoisotopic (exact) mass is 369 g/mol. The van der Waals surface area contributed by atoms with Gasteiger partial charge in [0.2, 0.25) is 0 Å². The summed E-state index contributed by atoms with van der Waals surface area (Å²) in [6.45, 7) is 6.58. The van der Waals surface area contributed by atoms with E-state index in [1.807, 2.05) is 20.8 Å². The van der Waals surface area contributed by atoms with Crippen LogP contribution in [0.4, 0.5) is 9.59 Å². The number of hydrogen-bond acceptors (Lipinski definition) is 6. The van der Waals surface area contributed by atoms with Gasteiger partial charge in [0, 0.05) is 6.54 Å². The second kappa shape index (κ2) is 8.70. The molecular formula is C18H31N3O5. The standard InChI is InChI=1S/C18H31N3O5/c1-18(2,3)15(20-9-12-10-21-17(24)25-12)14(22)13(26-16(19)23)8-11-6-4-5-7-11/h11-13,15,20H,4-10H2,1-3H3,(H2,19,23)(H,21,24)/t12-,13?,15-/m1/s1. The van der Waals surface area contributed by atoms with E-state index in [0.717, 1.165) is 25.7 Å². The number of nitrogens with two attached hydrogens (primary N) is 1. The number of primary amides is 1. The van der Waals surface area contributed by atoms with Crippen molar-refractivity contribution in [2.75, 3.05) is 13.1 Å². The maximum absolute atomic E-state index is 13.2. The van der Waals surface area contributed by atoms with Crippen LogP contribution in [0.25, 0.3) is 0 Å². The Bertz CT molecular complexity index is 525. The van der Waals surface area contributed by atoms with E-state index >= 15 is 0 Å². The molecule has 0 aromatic heterocycles. The minimum atomic E-state index is -0.928. The predicted octanol–water partition coefficient (Wildman–Crippen LogP) is 1.71. The molecule has 1 saturated carbocycles. The van der Waals surface area contributed by atoms with Crippen molar-refractivity contribution in [3.63, 3.8) is 0 Å². The summed E-state index contributed by atoms with van der Waals surface area (Å²) in [5.41, 5.74) is 4.80. The first-order valence-electron chi connectivity index (χ1n) is 9.34. The van der Waals surface area contributed by atoms with Gasteiger partial charge in [-0.1, -0.05) is 46.5 Å². The van der Waals surface area contributed by atoms with Gasteiger partial charge in [-0.3, -0.25) is 4.79 Å². The third kappa shape index (κ3) is 5.86. The molecule has 1 heterocycles. The number of ether oxygens (including phenoxy) is 2. The SMILES string of the molecule is CC(C)(C)[C@H](NC[C@@H]1CNC(=O)O1)C(=O)C(CC1CCCC1)OC(N)=O. The maximum Gasteiger partial charge on any atom is 0.407 e. The second-order valence-electron chi connectivity index (χ2n) is 8.33. The fraction of sp³-hybridized carbons (Fsp3) is 0.833. The van der Waals surface area contributed by atoms with Crippen LogP contribution in [0.5, 0.6) is 0 Å². The maximum atomic E-state index is 13.2. The zero-order valence-electron chi connectivity index (χ0n) is 15.9. The van der Waals surface area contributed by atoms with Gasteiger partial charge in [0.25, 0.3) is 0 Å². The van der Waals surface area contributed by atoms with Gasteiger partial charge < -0.3 is 25.8 Å². The summed E-state index contributed by atoms with van der Waals surface area (Å²) in [7, 11) is 0. The number of ketones is 1. The summed E-state index contributed by atoms with van der Waals surface area (Å²) < 4.78 is 10.3. The Morgan fingerprint density at radius 1 is 1.35 bits per heavy atom. The fourth-order valence-electron chi connectivity index (χ4n) is 3.73. The van der Waals surface area contributed by atoms with Gasteiger partial charge in [-0.05, 0) is 17.8 Å². The van der Waals surface area contributed by atoms with Crippen LogP contribution in [0.15, 0.2) is 0 Å². The van der Waals surface area contributed by atoms with Crippen LogP contribution in [-0.2, 0) is 14.3 Å². The van der Waals surface area contributed by atoms with Crippen LogP contribution in [-0.4, -0.2) is 49.3 Å². The lowest BCUT2D eigenvalue weighted by Crippen LogP contribution is -2.53. The van der Waals surface area contributed by atoms with Crippen LogP contribution < -0.4 is 16.4 Å². The number of carbonyl (C=O) groups is 3. The van der Waals surface area contributed by atoms with E-state index in [0.29, 0.717) is 25.4 Å². The Kier molecular flexibility index (Phi) is 6.86. The summed E-state index contributed by atoms with van der Waals surface area (Å²) in [6, 6.07) is -0.549. The molecule has 148 valence electrons. The highest BCUT2D eigenvalue weighted by Crippen LogP contribution is 2.31. The molecule has 2 fully saturated rings. The molecule has 3 atom stereocenters. The average molecular weight is 369 g/mol. The van der Waals surface area contributed by atoms with E-state index in [1.54, 1.807) is 0 Å². The summed E-state index contributed by atoms with van der Waals surface area (Å²) in [4.78, 5) is 35.6. The van der Waals surface area contributed by atoms with Gasteiger partial charge in [-0.15, -0.1) is 0 Å². The minimum absolute atomic E-state index is 0.180. The molecule has 4 N–H and O–H groups in total. The first kappa shape index (κ1) is 20.5. The van der Waals surface area contributed by atoms with Gasteiger partial charge in [0.1, 0.15) is 6.10 Å². The predicted molar refractivity (Wildman–Crippen MR) is 95.6 cm³/mol. The topological polar surface area (TPSA) is 120 Å². The molecule has 2 rings (SSSR count). The first-order chi connectivity index (χ1) is 12.2. The molecule has 0 aromatic carbocycles. The third-order valence-electron chi connectivity index (χ3n) is 5.05. The number of alkyl carbamates (subject to hydrolysis) is 1. The van der Waals surface area contributed by atoms with Crippen LogP contribution in [0.2, 0.25) is 0 Å². The molecule has 2 amide bonds. The largest absolute Gasteiger partial charge is 0.443 e. The lowest BCUT2D eigenvalue weighted by atomic mass is 9.81. The number of carbonyl (C=O) groups excluding carboxylic acids is 3. The van der Waals surface area contributed by atoms with Crippen LogP contribution in [0, 0.1) is 11.3 Å². The van der Waals surface area contributed by atoms with E-state index in [1.165, 1.54) is 0 Å². The van der Waals surface area contributed by atoms with Crippen LogP contribution >= 0.6 is 0 Å². The number of cyclic esters (lactones) is 1. The van der Waals surface area contributed by atoms with E-state index in [9.17, 15) is 14.4 Å². The smallest absolute Gasteiger partial charge is 0.407 e. The molecule has 1 aliphatic heterocycles. The van der Waals surface area contributed by atoms with Gasteiger partial charge in [-0.2, -0.15) is 0 Å². The van der Waals surface area contributed by atoms with Gasteiger partial charge in [0.05, 0.1) is 12.6 Å². The molecule has 0 radical (unpaired) electrons. The Morgan fingerprint density at radius 3 is 2.50 bits per heavy atom. The van der Waals surface area contributed by atoms with Crippen molar-refractivity contribution in [1.29, 1.82) is 0 Å². The van der Waals surface area contributed by atoms with Crippen molar-refractivity contribution in [1.82, 2.24) is 10.6 Å². The van der Waals surface area contributed by atoms with E-state index in [2.05, 4.69) is 10.6 Å². The lowest BCUT2D eigenvalue weighted by Gasteiger charge is -2.33. The quantitative estimate of drug-likeness (QED) is 0.599. The molecule has 8 nitrogen and oxygen atoms in total. The molecular weight excluding hydrogens is 338 g/mol. The molecule has 1 saturated heterocycles. The fourth-order valence-corrected chi connectivity index (χ4v) is 3.73. The normalized spacial score (nSPS) is 23.2. The molecule has 0 spiro atoms. The number of rotatable bonds is 8. The number of hydrogen-bond donors (Lipinski definition) is 3.